The fourth-order valence-corrected chi connectivity index (χ4v) is 3.22. The maximum Gasteiger partial charge on any atom is 0.0489 e. The van der Waals surface area contributed by atoms with Crippen molar-refractivity contribution in [2.75, 3.05) is 5.32 Å². The molecule has 1 saturated carbocycles. The average molecular weight is 278 g/mol. The predicted molar refractivity (Wildman–Crippen MR) is 71.6 cm³/mol. The molecule has 84 valence electrons. The molecule has 0 radical (unpaired) electrons. The van der Waals surface area contributed by atoms with Gasteiger partial charge in [-0.05, 0) is 53.2 Å². The van der Waals surface area contributed by atoms with Crippen LogP contribution >= 0.6 is 15.9 Å². The monoisotopic (exact) mass is 277 g/mol. The Morgan fingerprint density at radius 1 is 1.38 bits per heavy atom. The molecule has 0 heterocycles. The molecule has 0 bridgehead atoms. The number of halogens is 1. The van der Waals surface area contributed by atoms with Crippen molar-refractivity contribution in [2.45, 2.75) is 25.8 Å². The molecule has 3 rings (SSSR count). The van der Waals surface area contributed by atoms with Gasteiger partial charge in [-0.2, -0.15) is 0 Å². The Kier molecular flexibility index (Phi) is 2.55. The van der Waals surface area contributed by atoms with Gasteiger partial charge in [0.05, 0.1) is 0 Å². The third-order valence-corrected chi connectivity index (χ3v) is 4.95. The smallest absolute Gasteiger partial charge is 0.0489 e. The third-order valence-electron chi connectivity index (χ3n) is 3.90. The van der Waals surface area contributed by atoms with Crippen molar-refractivity contribution in [1.29, 1.82) is 0 Å². The van der Waals surface area contributed by atoms with Gasteiger partial charge in [0.1, 0.15) is 0 Å². The van der Waals surface area contributed by atoms with Gasteiger partial charge in [0, 0.05) is 22.1 Å². The summed E-state index contributed by atoms with van der Waals surface area (Å²) in [6, 6.07) is 7.04. The molecule has 3 unspecified atom stereocenters. The number of nitrogens with one attached hydrogen (secondary N) is 1. The second-order valence-corrected chi connectivity index (χ2v) is 5.72. The lowest BCUT2D eigenvalue weighted by molar-refractivity contribution is 0.218. The molecule has 0 spiro atoms. The van der Waals surface area contributed by atoms with Crippen LogP contribution in [0.5, 0.6) is 0 Å². The van der Waals surface area contributed by atoms with E-state index >= 15 is 0 Å². The Morgan fingerprint density at radius 2 is 2.25 bits per heavy atom. The van der Waals surface area contributed by atoms with Crippen LogP contribution in [0.3, 0.4) is 0 Å². The second-order valence-electron chi connectivity index (χ2n) is 4.92. The molecule has 2 aliphatic carbocycles. The lowest BCUT2D eigenvalue weighted by atomic mass is 9.71. The number of allylic oxidation sites excluding steroid dienone is 1. The van der Waals surface area contributed by atoms with Gasteiger partial charge in [0.25, 0.3) is 0 Å². The highest BCUT2D eigenvalue weighted by molar-refractivity contribution is 9.10. The van der Waals surface area contributed by atoms with Crippen LogP contribution in [0.2, 0.25) is 0 Å². The van der Waals surface area contributed by atoms with E-state index in [4.69, 9.17) is 0 Å². The number of anilines is 1. The van der Waals surface area contributed by atoms with E-state index in [9.17, 15) is 0 Å². The Morgan fingerprint density at radius 3 is 3.06 bits per heavy atom. The zero-order valence-electron chi connectivity index (χ0n) is 9.41. The first-order chi connectivity index (χ1) is 7.75. The maximum absolute atomic E-state index is 3.66. The Balaban J connectivity index is 1.75. The molecule has 0 saturated heterocycles. The van der Waals surface area contributed by atoms with Crippen molar-refractivity contribution in [2.24, 2.45) is 11.8 Å². The second kappa shape index (κ2) is 3.92. The van der Waals surface area contributed by atoms with Gasteiger partial charge in [0.2, 0.25) is 0 Å². The van der Waals surface area contributed by atoms with Crippen LogP contribution in [0, 0.1) is 18.8 Å². The molecule has 0 aromatic heterocycles. The van der Waals surface area contributed by atoms with Crippen molar-refractivity contribution in [3.8, 4) is 0 Å². The Hall–Kier alpha value is -0.760. The number of fused-ring (bicyclic) bond motifs is 1. The van der Waals surface area contributed by atoms with Gasteiger partial charge in [-0.15, -0.1) is 0 Å². The predicted octanol–water partition coefficient (Wildman–Crippen LogP) is 4.13. The van der Waals surface area contributed by atoms with E-state index in [0.717, 1.165) is 11.8 Å². The summed E-state index contributed by atoms with van der Waals surface area (Å²) in [6.07, 6.45) is 7.33. The van der Waals surface area contributed by atoms with Crippen LogP contribution in [-0.4, -0.2) is 6.04 Å². The SMILES string of the molecule is Cc1cccc(NC2CC3CC=CC32)c1Br. The highest BCUT2D eigenvalue weighted by Crippen LogP contribution is 2.44. The van der Waals surface area contributed by atoms with Gasteiger partial charge >= 0.3 is 0 Å². The lowest BCUT2D eigenvalue weighted by Crippen LogP contribution is -2.43. The highest BCUT2D eigenvalue weighted by atomic mass is 79.9. The number of aryl methyl sites for hydroxylation is 1. The topological polar surface area (TPSA) is 12.0 Å². The van der Waals surface area contributed by atoms with Crippen LogP contribution < -0.4 is 5.32 Å². The first kappa shape index (κ1) is 10.4. The van der Waals surface area contributed by atoms with Crippen molar-refractivity contribution in [3.05, 3.63) is 40.4 Å². The summed E-state index contributed by atoms with van der Waals surface area (Å²) in [7, 11) is 0. The summed E-state index contributed by atoms with van der Waals surface area (Å²) in [4.78, 5) is 0. The van der Waals surface area contributed by atoms with Gasteiger partial charge in [0.15, 0.2) is 0 Å². The highest BCUT2D eigenvalue weighted by Gasteiger charge is 2.40. The van der Waals surface area contributed by atoms with Gasteiger partial charge in [-0.3, -0.25) is 0 Å². The molecular weight excluding hydrogens is 262 g/mol. The summed E-state index contributed by atoms with van der Waals surface area (Å²) >= 11 is 3.65. The number of hydrogen-bond donors (Lipinski definition) is 1. The lowest BCUT2D eigenvalue weighted by Gasteiger charge is -2.41. The van der Waals surface area contributed by atoms with Gasteiger partial charge in [-0.25, -0.2) is 0 Å². The molecule has 0 amide bonds. The van der Waals surface area contributed by atoms with E-state index in [1.807, 2.05) is 0 Å². The largest absolute Gasteiger partial charge is 0.381 e. The Bertz CT molecular complexity index is 438. The number of rotatable bonds is 2. The first-order valence-corrected chi connectivity index (χ1v) is 6.73. The molecule has 1 aromatic carbocycles. The van der Waals surface area contributed by atoms with E-state index < -0.39 is 0 Å². The molecule has 1 nitrogen and oxygen atoms in total. The van der Waals surface area contributed by atoms with Crippen molar-refractivity contribution < 1.29 is 0 Å². The molecule has 2 heteroatoms. The normalized spacial score (nSPS) is 31.0. The third kappa shape index (κ3) is 1.60. The maximum atomic E-state index is 3.66. The van der Waals surface area contributed by atoms with E-state index in [2.05, 4.69) is 58.5 Å². The van der Waals surface area contributed by atoms with Gasteiger partial charge in [-0.1, -0.05) is 24.3 Å². The molecule has 2 aliphatic rings. The van der Waals surface area contributed by atoms with Crippen LogP contribution in [-0.2, 0) is 0 Å². The summed E-state index contributed by atoms with van der Waals surface area (Å²) in [5.74, 6) is 1.69. The van der Waals surface area contributed by atoms with E-state index in [0.29, 0.717) is 6.04 Å². The summed E-state index contributed by atoms with van der Waals surface area (Å²) in [5.41, 5.74) is 2.53. The molecule has 16 heavy (non-hydrogen) atoms. The summed E-state index contributed by atoms with van der Waals surface area (Å²) < 4.78 is 1.21. The minimum atomic E-state index is 0.641. The quantitative estimate of drug-likeness (QED) is 0.802. The van der Waals surface area contributed by atoms with Gasteiger partial charge < -0.3 is 5.32 Å². The molecule has 1 fully saturated rings. The minimum Gasteiger partial charge on any atom is -0.381 e. The fraction of sp³-hybridized carbons (Fsp3) is 0.429. The number of hydrogen-bond acceptors (Lipinski definition) is 1. The zero-order chi connectivity index (χ0) is 11.1. The minimum absolute atomic E-state index is 0.641. The Labute approximate surface area is 105 Å². The summed E-state index contributed by atoms with van der Waals surface area (Å²) in [6.45, 7) is 2.13. The van der Waals surface area contributed by atoms with E-state index in [1.165, 1.54) is 28.6 Å². The zero-order valence-corrected chi connectivity index (χ0v) is 11.0. The van der Waals surface area contributed by atoms with Crippen LogP contribution in [0.25, 0.3) is 0 Å². The molecule has 3 atom stereocenters. The van der Waals surface area contributed by atoms with E-state index in [1.54, 1.807) is 0 Å². The molecule has 1 aromatic rings. The number of benzene rings is 1. The molecular formula is C14H16BrN. The molecule has 1 N–H and O–H groups in total. The summed E-state index contributed by atoms with van der Waals surface area (Å²) in [5, 5.41) is 3.66. The van der Waals surface area contributed by atoms with E-state index in [-0.39, 0.29) is 0 Å². The van der Waals surface area contributed by atoms with Crippen molar-refractivity contribution >= 4 is 21.6 Å². The fourth-order valence-electron chi connectivity index (χ4n) is 2.84. The van der Waals surface area contributed by atoms with Crippen LogP contribution in [0.1, 0.15) is 18.4 Å². The average Bonchev–Trinajstić information content (AvgIpc) is 2.62. The first-order valence-electron chi connectivity index (χ1n) is 5.94. The standard InChI is InChI=1S/C14H16BrN/c1-9-4-2-7-12(14(9)15)16-13-8-10-5-3-6-11(10)13/h2-4,6-7,10-11,13,16H,5,8H2,1H3. The van der Waals surface area contributed by atoms with Crippen molar-refractivity contribution in [3.63, 3.8) is 0 Å². The molecule has 0 aliphatic heterocycles. The van der Waals surface area contributed by atoms with Crippen LogP contribution in [0.4, 0.5) is 5.69 Å². The van der Waals surface area contributed by atoms with Crippen LogP contribution in [0.15, 0.2) is 34.8 Å². The van der Waals surface area contributed by atoms with Crippen molar-refractivity contribution in [1.82, 2.24) is 0 Å².